The van der Waals surface area contributed by atoms with Crippen molar-refractivity contribution in [3.05, 3.63) is 78.9 Å². The Hall–Kier alpha value is -2.99. The number of hydrogen-bond acceptors (Lipinski definition) is 4. The predicted molar refractivity (Wildman–Crippen MR) is 102 cm³/mol. The third kappa shape index (κ3) is 3.36. The highest BCUT2D eigenvalue weighted by atomic mass is 32.2. The Labute approximate surface area is 151 Å². The zero-order chi connectivity index (χ0) is 18.1. The lowest BCUT2D eigenvalue weighted by Crippen LogP contribution is -2.01. The van der Waals surface area contributed by atoms with Gasteiger partial charge in [-0.15, -0.1) is 0 Å². The van der Waals surface area contributed by atoms with Crippen molar-refractivity contribution >= 4 is 15.5 Å². The highest BCUT2D eigenvalue weighted by Crippen LogP contribution is 2.31. The molecular formula is C20H17N3O2S. The fourth-order valence-electron chi connectivity index (χ4n) is 3.06. The maximum atomic E-state index is 11.6. The van der Waals surface area contributed by atoms with Crippen molar-refractivity contribution in [2.75, 3.05) is 6.26 Å². The van der Waals surface area contributed by atoms with Gasteiger partial charge in [0.15, 0.2) is 9.84 Å². The Bertz CT molecular complexity index is 1200. The fraction of sp³-hybridized carbons (Fsp3) is 0.100. The van der Waals surface area contributed by atoms with Gasteiger partial charge in [0.2, 0.25) is 0 Å². The third-order valence-corrected chi connectivity index (χ3v) is 4.99. The summed E-state index contributed by atoms with van der Waals surface area (Å²) in [5.41, 5.74) is 5.36. The van der Waals surface area contributed by atoms with Crippen molar-refractivity contribution in [3.63, 3.8) is 0 Å². The first-order valence-electron chi connectivity index (χ1n) is 8.15. The van der Waals surface area contributed by atoms with Crippen LogP contribution in [0.5, 0.6) is 0 Å². The van der Waals surface area contributed by atoms with E-state index in [9.17, 15) is 8.42 Å². The number of hydrogen-bond donors (Lipinski definition) is 0. The summed E-state index contributed by atoms with van der Waals surface area (Å²) in [5.74, 6) is 0.0179. The Morgan fingerprint density at radius 2 is 1.85 bits per heavy atom. The predicted octanol–water partition coefficient (Wildman–Crippen LogP) is 3.61. The molecule has 0 aliphatic rings. The molecule has 1 aromatic carbocycles. The van der Waals surface area contributed by atoms with Crippen molar-refractivity contribution in [1.29, 1.82) is 0 Å². The van der Waals surface area contributed by atoms with Crippen molar-refractivity contribution in [1.82, 2.24) is 14.4 Å². The molecule has 3 aromatic heterocycles. The Balaban J connectivity index is 1.82. The Morgan fingerprint density at radius 3 is 2.69 bits per heavy atom. The van der Waals surface area contributed by atoms with Crippen LogP contribution in [0.15, 0.2) is 73.3 Å². The van der Waals surface area contributed by atoms with Crippen LogP contribution in [-0.2, 0) is 15.6 Å². The largest absolute Gasteiger partial charge is 0.306 e. The minimum Gasteiger partial charge on any atom is -0.306 e. The van der Waals surface area contributed by atoms with Gasteiger partial charge < -0.3 is 4.40 Å². The second kappa shape index (κ2) is 6.38. The Morgan fingerprint density at radius 1 is 0.962 bits per heavy atom. The van der Waals surface area contributed by atoms with Gasteiger partial charge in [0.05, 0.1) is 11.4 Å². The van der Waals surface area contributed by atoms with E-state index in [1.165, 1.54) is 6.26 Å². The zero-order valence-electron chi connectivity index (χ0n) is 14.2. The van der Waals surface area contributed by atoms with E-state index in [1.807, 2.05) is 65.3 Å². The van der Waals surface area contributed by atoms with Gasteiger partial charge in [-0.05, 0) is 29.8 Å². The van der Waals surface area contributed by atoms with E-state index in [0.29, 0.717) is 0 Å². The van der Waals surface area contributed by atoms with Crippen molar-refractivity contribution < 1.29 is 8.42 Å². The molecule has 0 spiro atoms. The number of sulfone groups is 1. The molecule has 0 amide bonds. The van der Waals surface area contributed by atoms with E-state index < -0.39 is 9.84 Å². The van der Waals surface area contributed by atoms with Gasteiger partial charge in [0.25, 0.3) is 0 Å². The molecular weight excluding hydrogens is 346 g/mol. The number of nitrogens with zero attached hydrogens (tertiary/aromatic N) is 3. The number of rotatable bonds is 4. The van der Waals surface area contributed by atoms with E-state index in [2.05, 4.69) is 9.97 Å². The molecule has 0 bridgehead atoms. The van der Waals surface area contributed by atoms with Gasteiger partial charge >= 0.3 is 0 Å². The van der Waals surface area contributed by atoms with Crippen LogP contribution in [0.2, 0.25) is 0 Å². The summed E-state index contributed by atoms with van der Waals surface area (Å²) in [5, 5.41) is 0. The van der Waals surface area contributed by atoms with Gasteiger partial charge in [-0.25, -0.2) is 13.4 Å². The van der Waals surface area contributed by atoms with Crippen LogP contribution in [0.1, 0.15) is 5.56 Å². The lowest BCUT2D eigenvalue weighted by atomic mass is 9.99. The van der Waals surface area contributed by atoms with Gasteiger partial charge in [-0.3, -0.25) is 4.98 Å². The molecule has 0 fully saturated rings. The van der Waals surface area contributed by atoms with Crippen LogP contribution in [-0.4, -0.2) is 29.0 Å². The Kier molecular flexibility index (Phi) is 4.05. The average Bonchev–Trinajstić information content (AvgIpc) is 3.08. The highest BCUT2D eigenvalue weighted by molar-refractivity contribution is 7.89. The van der Waals surface area contributed by atoms with E-state index >= 15 is 0 Å². The van der Waals surface area contributed by atoms with Crippen molar-refractivity contribution in [3.8, 4) is 22.4 Å². The first-order valence-corrected chi connectivity index (χ1v) is 10.2. The van der Waals surface area contributed by atoms with Crippen LogP contribution in [0, 0.1) is 0 Å². The molecule has 4 rings (SSSR count). The van der Waals surface area contributed by atoms with E-state index in [4.69, 9.17) is 0 Å². The summed E-state index contributed by atoms with van der Waals surface area (Å²) in [6.07, 6.45) is 8.67. The molecule has 0 N–H and O–H groups in total. The van der Waals surface area contributed by atoms with Crippen LogP contribution in [0.3, 0.4) is 0 Å². The van der Waals surface area contributed by atoms with Crippen LogP contribution >= 0.6 is 0 Å². The number of fused-ring (bicyclic) bond motifs is 1. The molecule has 0 unspecified atom stereocenters. The quantitative estimate of drug-likeness (QED) is 0.556. The molecule has 4 aromatic rings. The summed E-state index contributed by atoms with van der Waals surface area (Å²) in [7, 11) is -3.09. The monoisotopic (exact) mass is 363 g/mol. The number of benzene rings is 1. The molecule has 0 aliphatic heterocycles. The van der Waals surface area contributed by atoms with Crippen LogP contribution in [0.25, 0.3) is 28.0 Å². The topological polar surface area (TPSA) is 64.3 Å². The lowest BCUT2D eigenvalue weighted by Gasteiger charge is -2.10. The first-order chi connectivity index (χ1) is 12.5. The van der Waals surface area contributed by atoms with Gasteiger partial charge in [0.1, 0.15) is 5.65 Å². The van der Waals surface area contributed by atoms with E-state index in [-0.39, 0.29) is 5.75 Å². The van der Waals surface area contributed by atoms with Gasteiger partial charge in [0, 0.05) is 47.7 Å². The maximum absolute atomic E-state index is 11.6. The van der Waals surface area contributed by atoms with Crippen LogP contribution in [0.4, 0.5) is 0 Å². The lowest BCUT2D eigenvalue weighted by molar-refractivity contribution is 0.601. The molecule has 0 saturated heterocycles. The SMILES string of the molecule is CS(=O)(=O)Cc1cccc(-c2ncccc2-c2ccc3nccn3c2)c1. The summed E-state index contributed by atoms with van der Waals surface area (Å²) >= 11 is 0. The van der Waals surface area contributed by atoms with Gasteiger partial charge in [-0.2, -0.15) is 0 Å². The fourth-order valence-corrected chi connectivity index (χ4v) is 3.84. The number of imidazole rings is 1. The normalized spacial score (nSPS) is 11.7. The standard InChI is InChI=1S/C20H17N3O2S/c1-26(24,25)14-15-4-2-5-16(12-15)20-18(6-3-9-22-20)17-7-8-19-21-10-11-23(19)13-17/h2-13H,14H2,1H3. The molecule has 0 saturated carbocycles. The molecule has 0 atom stereocenters. The molecule has 0 radical (unpaired) electrons. The van der Waals surface area contributed by atoms with Crippen molar-refractivity contribution in [2.45, 2.75) is 5.75 Å². The molecule has 3 heterocycles. The summed E-state index contributed by atoms with van der Waals surface area (Å²) < 4.78 is 25.2. The summed E-state index contributed by atoms with van der Waals surface area (Å²) in [6.45, 7) is 0. The molecule has 26 heavy (non-hydrogen) atoms. The molecule has 5 nitrogen and oxygen atoms in total. The third-order valence-electron chi connectivity index (χ3n) is 4.14. The number of aromatic nitrogens is 3. The second-order valence-corrected chi connectivity index (χ2v) is 8.42. The van der Waals surface area contributed by atoms with E-state index in [0.717, 1.165) is 33.6 Å². The summed E-state index contributed by atoms with van der Waals surface area (Å²) in [4.78, 5) is 8.83. The first kappa shape index (κ1) is 16.5. The zero-order valence-corrected chi connectivity index (χ0v) is 15.0. The molecule has 130 valence electrons. The highest BCUT2D eigenvalue weighted by Gasteiger charge is 2.11. The maximum Gasteiger partial charge on any atom is 0.151 e. The molecule has 6 heteroatoms. The molecule has 0 aliphatic carbocycles. The smallest absolute Gasteiger partial charge is 0.151 e. The van der Waals surface area contributed by atoms with Crippen molar-refractivity contribution in [2.24, 2.45) is 0 Å². The average molecular weight is 363 g/mol. The second-order valence-electron chi connectivity index (χ2n) is 6.28. The minimum absolute atomic E-state index is 0.0179. The number of pyridine rings is 2. The summed E-state index contributed by atoms with van der Waals surface area (Å²) in [6, 6.07) is 15.4. The minimum atomic E-state index is -3.09. The van der Waals surface area contributed by atoms with Gasteiger partial charge in [-0.1, -0.05) is 24.3 Å². The van der Waals surface area contributed by atoms with E-state index in [1.54, 1.807) is 12.4 Å². The van der Waals surface area contributed by atoms with Crippen LogP contribution < -0.4 is 0 Å².